The fraction of sp³-hybridized carbons (Fsp3) is 0.0923. The van der Waals surface area contributed by atoms with Crippen molar-refractivity contribution in [1.29, 1.82) is 0 Å². The monoisotopic (exact) mass is 1110 g/mol. The van der Waals surface area contributed by atoms with Gasteiger partial charge in [-0.1, -0.05) is 148 Å². The molecule has 6 nitrogen and oxygen atoms in total. The average Bonchev–Trinajstić information content (AvgIpc) is 4.11. The first-order chi connectivity index (χ1) is 34.9. The molecule has 0 unspecified atom stereocenters. The van der Waals surface area contributed by atoms with Gasteiger partial charge in [0.1, 0.15) is 11.2 Å². The van der Waals surface area contributed by atoms with Crippen LogP contribution in [0.25, 0.3) is 111 Å². The molecule has 5 heterocycles. The van der Waals surface area contributed by atoms with Crippen molar-refractivity contribution in [2.24, 2.45) is 0 Å². The number of imidazole rings is 1. The number of nitrogens with zero attached hydrogens (tertiary/aromatic N) is 5. The first kappa shape index (κ1) is 46.2. The van der Waals surface area contributed by atoms with Crippen molar-refractivity contribution in [3.63, 3.8) is 0 Å². The summed E-state index contributed by atoms with van der Waals surface area (Å²) < 4.78 is 11.3. The Kier molecular flexibility index (Phi) is 12.5. The molecule has 7 heteroatoms. The number of rotatable bonds is 8. The van der Waals surface area contributed by atoms with Gasteiger partial charge < -0.3 is 14.0 Å². The Morgan fingerprint density at radius 3 is 1.90 bits per heavy atom. The van der Waals surface area contributed by atoms with Crippen LogP contribution in [0.2, 0.25) is 0 Å². The van der Waals surface area contributed by atoms with Gasteiger partial charge in [0, 0.05) is 60.0 Å². The van der Waals surface area contributed by atoms with Crippen LogP contribution in [0.5, 0.6) is 0 Å². The Bertz CT molecular complexity index is 3980. The van der Waals surface area contributed by atoms with E-state index in [4.69, 9.17) is 9.40 Å². The number of fused-ring (bicyclic) bond motifs is 7. The van der Waals surface area contributed by atoms with E-state index >= 15 is 0 Å². The number of aromatic nitrogens is 5. The summed E-state index contributed by atoms with van der Waals surface area (Å²) in [6.07, 6.45) is 3.68. The predicted molar refractivity (Wildman–Crippen MR) is 292 cm³/mol. The van der Waals surface area contributed by atoms with E-state index < -0.39 is 0 Å². The zero-order chi connectivity index (χ0) is 48.0. The van der Waals surface area contributed by atoms with E-state index in [2.05, 4.69) is 211 Å². The van der Waals surface area contributed by atoms with Gasteiger partial charge in [-0.25, -0.2) is 4.98 Å². The van der Waals surface area contributed by atoms with Gasteiger partial charge in [0.05, 0.1) is 28.0 Å². The topological polar surface area (TPSA) is 61.7 Å². The molecule has 5 aromatic heterocycles. The smallest absolute Gasteiger partial charge is 0.145 e. The van der Waals surface area contributed by atoms with E-state index in [1.807, 2.05) is 60.9 Å². The summed E-state index contributed by atoms with van der Waals surface area (Å²) in [5, 5.41) is 4.51. The van der Waals surface area contributed by atoms with Crippen molar-refractivity contribution in [2.45, 2.75) is 39.5 Å². The molecule has 0 N–H and O–H groups in total. The van der Waals surface area contributed by atoms with Crippen molar-refractivity contribution in [3.05, 3.63) is 236 Å². The molecule has 8 aromatic carbocycles. The normalized spacial score (nSPS) is 11.5. The predicted octanol–water partition coefficient (Wildman–Crippen LogP) is 17.0. The van der Waals surface area contributed by atoms with Crippen LogP contribution in [-0.4, -0.2) is 24.1 Å². The third-order valence-electron chi connectivity index (χ3n) is 13.5. The number of benzene rings is 8. The van der Waals surface area contributed by atoms with Crippen LogP contribution in [0.3, 0.4) is 0 Å². The maximum absolute atomic E-state index is 6.73. The van der Waals surface area contributed by atoms with Crippen molar-refractivity contribution >= 4 is 54.9 Å². The molecule has 13 aromatic rings. The summed E-state index contributed by atoms with van der Waals surface area (Å²) in [6.45, 7) is 9.14. The first-order valence-electron chi connectivity index (χ1n) is 24.3. The summed E-state index contributed by atoms with van der Waals surface area (Å²) in [4.78, 5) is 14.4. The van der Waals surface area contributed by atoms with Gasteiger partial charge in [-0.3, -0.25) is 9.55 Å². The zero-order valence-corrected chi connectivity index (χ0v) is 42.7. The number of hydrogen-bond donors (Lipinski definition) is 0. The van der Waals surface area contributed by atoms with Gasteiger partial charge >= 0.3 is 0 Å². The second kappa shape index (κ2) is 19.5. The Morgan fingerprint density at radius 1 is 0.486 bits per heavy atom. The molecule has 1 radical (unpaired) electrons. The number of furan rings is 1. The van der Waals surface area contributed by atoms with Crippen LogP contribution in [0.15, 0.2) is 217 Å². The van der Waals surface area contributed by atoms with Gasteiger partial charge in [-0.05, 0) is 106 Å². The molecule has 0 saturated heterocycles. The van der Waals surface area contributed by atoms with E-state index in [-0.39, 0.29) is 31.9 Å². The minimum Gasteiger partial charge on any atom is -0.501 e. The molecule has 0 aliphatic rings. The van der Waals surface area contributed by atoms with E-state index in [9.17, 15) is 0 Å². The molecule has 0 amide bonds. The fourth-order valence-corrected chi connectivity index (χ4v) is 10.1. The molecule has 0 aliphatic carbocycles. The van der Waals surface area contributed by atoms with Gasteiger partial charge in [0.25, 0.3) is 0 Å². The second-order valence-electron chi connectivity index (χ2n) is 18.6. The molecule has 0 aliphatic heterocycles. The summed E-state index contributed by atoms with van der Waals surface area (Å²) in [5.41, 5.74) is 18.1. The van der Waals surface area contributed by atoms with Crippen LogP contribution in [0, 0.1) is 12.1 Å². The van der Waals surface area contributed by atoms with Gasteiger partial charge in [0.2, 0.25) is 0 Å². The van der Waals surface area contributed by atoms with Crippen molar-refractivity contribution in [3.8, 4) is 56.3 Å². The summed E-state index contributed by atoms with van der Waals surface area (Å²) in [7, 11) is 0. The van der Waals surface area contributed by atoms with Crippen molar-refractivity contribution < 1.29 is 24.5 Å². The maximum atomic E-state index is 6.73. The van der Waals surface area contributed by atoms with E-state index in [0.29, 0.717) is 0 Å². The third-order valence-corrected chi connectivity index (χ3v) is 13.5. The van der Waals surface area contributed by atoms with Crippen LogP contribution in [-0.2, 0) is 20.1 Å². The van der Waals surface area contributed by atoms with Gasteiger partial charge in [0.15, 0.2) is 0 Å². The Balaban J connectivity index is 0.000000181. The molecule has 0 bridgehead atoms. The van der Waals surface area contributed by atoms with Gasteiger partial charge in [-0.2, -0.15) is 0 Å². The van der Waals surface area contributed by atoms with Crippen LogP contribution < -0.4 is 0 Å². The van der Waals surface area contributed by atoms with Crippen LogP contribution >= 0.6 is 0 Å². The van der Waals surface area contributed by atoms with Crippen molar-refractivity contribution in [2.75, 3.05) is 0 Å². The summed E-state index contributed by atoms with van der Waals surface area (Å²) in [5.74, 6) is 1.41. The van der Waals surface area contributed by atoms with E-state index in [1.54, 1.807) is 0 Å². The Morgan fingerprint density at radius 2 is 1.17 bits per heavy atom. The first-order valence-corrected chi connectivity index (χ1v) is 24.3. The quantitative estimate of drug-likeness (QED) is 0.142. The van der Waals surface area contributed by atoms with E-state index in [0.717, 1.165) is 83.4 Å². The number of pyridine rings is 2. The Labute approximate surface area is 432 Å². The fourth-order valence-electron chi connectivity index (χ4n) is 10.1. The molecular weight excluding hydrogens is 1060 g/mol. The average molecular weight is 1110 g/mol. The molecule has 13 rings (SSSR count). The SMILES string of the molecule is CC(C)c1cc(-c2ccccc2)cc(C(C)C)c1-n1c(-c2[c-]ccc3c2oc2cc(-c4ccccc4)ccc23)nc2ccccc21.[Ir].[c-]1ccccc1-c1cc(-n2c3ccccc3c3cccnc32)ccn1. The molecule has 0 atom stereocenters. The maximum Gasteiger partial charge on any atom is 0.145 e. The van der Waals surface area contributed by atoms with E-state index in [1.165, 1.54) is 38.9 Å². The minimum absolute atomic E-state index is 0. The zero-order valence-electron chi connectivity index (χ0n) is 40.3. The number of para-hydroxylation sites is 3. The third kappa shape index (κ3) is 8.30. The molecular formula is C65H49IrN5O-2. The van der Waals surface area contributed by atoms with Crippen molar-refractivity contribution in [1.82, 2.24) is 24.1 Å². The summed E-state index contributed by atoms with van der Waals surface area (Å²) in [6, 6.07) is 76.2. The number of hydrogen-bond acceptors (Lipinski definition) is 4. The molecule has 0 saturated carbocycles. The molecule has 0 spiro atoms. The summed E-state index contributed by atoms with van der Waals surface area (Å²) >= 11 is 0. The largest absolute Gasteiger partial charge is 0.501 e. The standard InChI is InChI=1S/C43H35N2O.C22H14N3.Ir/c1-27(2)36-24-32(30-16-9-6-10-17-30)25-37(28(3)4)41(36)45-39-21-12-11-20-38(39)44-43(45)35-19-13-18-34-33-23-22-31(26-40(33)46-42(34)35)29-14-7-5-8-15-29;1-2-7-16(8-3-1)20-15-17(12-14-23-20)25-21-11-5-4-9-18(21)19-10-6-13-24-22(19)25;/h5-18,20-28H,1-4H3;1-7,9-15H;/q2*-1;. The van der Waals surface area contributed by atoms with Crippen LogP contribution in [0.1, 0.15) is 50.7 Å². The second-order valence-corrected chi connectivity index (χ2v) is 18.6. The molecule has 351 valence electrons. The van der Waals surface area contributed by atoms with Crippen LogP contribution in [0.4, 0.5) is 0 Å². The minimum atomic E-state index is 0. The van der Waals surface area contributed by atoms with Gasteiger partial charge in [-0.15, -0.1) is 54.1 Å². The molecule has 72 heavy (non-hydrogen) atoms. The molecule has 0 fully saturated rings. The Hall–Kier alpha value is -8.22.